The summed E-state index contributed by atoms with van der Waals surface area (Å²) in [5.41, 5.74) is 1.69. The maximum atomic E-state index is 13.3. The lowest BCUT2D eigenvalue weighted by Gasteiger charge is -2.12. The Labute approximate surface area is 164 Å². The molecule has 0 amide bonds. The summed E-state index contributed by atoms with van der Waals surface area (Å²) >= 11 is 2.79. The second-order valence-corrected chi connectivity index (χ2v) is 8.29. The van der Waals surface area contributed by atoms with E-state index in [9.17, 15) is 10.1 Å². The third-order valence-corrected chi connectivity index (χ3v) is 6.09. The molecule has 0 aliphatic carbocycles. The Morgan fingerprint density at radius 3 is 2.44 bits per heavy atom. The van der Waals surface area contributed by atoms with Crippen LogP contribution < -0.4 is 5.56 Å². The van der Waals surface area contributed by atoms with Crippen LogP contribution in [0.2, 0.25) is 0 Å². The van der Waals surface area contributed by atoms with E-state index >= 15 is 0 Å². The molecule has 4 nitrogen and oxygen atoms in total. The highest BCUT2D eigenvalue weighted by Gasteiger charge is 2.18. The molecular formula is C21H15N3OS2. The van der Waals surface area contributed by atoms with E-state index in [1.807, 2.05) is 66.7 Å². The lowest BCUT2D eigenvalue weighted by molar-refractivity contribution is 0.821. The van der Waals surface area contributed by atoms with E-state index in [4.69, 9.17) is 4.98 Å². The van der Waals surface area contributed by atoms with Gasteiger partial charge in [-0.3, -0.25) is 9.36 Å². The highest BCUT2D eigenvalue weighted by Crippen LogP contribution is 2.33. The molecule has 0 fully saturated rings. The number of rotatable bonds is 4. The van der Waals surface area contributed by atoms with Gasteiger partial charge >= 0.3 is 0 Å². The standard InChI is InChI=1S/C21H15N3OS2/c1-14(13-22)26-21-23-19-17(12-18(27-19)15-8-4-2-5-9-15)20(25)24(21)16-10-6-3-7-11-16/h2-12,14H,1H3/t14-/m0/s1. The number of fused-ring (bicyclic) bond motifs is 1. The molecular weight excluding hydrogens is 374 g/mol. The molecule has 0 saturated carbocycles. The van der Waals surface area contributed by atoms with Crippen LogP contribution in [0.4, 0.5) is 0 Å². The zero-order valence-electron chi connectivity index (χ0n) is 14.5. The minimum Gasteiger partial charge on any atom is -0.268 e. The predicted molar refractivity (Wildman–Crippen MR) is 112 cm³/mol. The first-order valence-electron chi connectivity index (χ1n) is 8.41. The van der Waals surface area contributed by atoms with Gasteiger partial charge in [-0.15, -0.1) is 11.3 Å². The minimum absolute atomic E-state index is 0.114. The second-order valence-electron chi connectivity index (χ2n) is 5.96. The van der Waals surface area contributed by atoms with Crippen molar-refractivity contribution in [2.24, 2.45) is 0 Å². The van der Waals surface area contributed by atoms with Gasteiger partial charge in [0.05, 0.1) is 22.4 Å². The molecule has 4 rings (SSSR count). The third-order valence-electron chi connectivity index (χ3n) is 4.07. The highest BCUT2D eigenvalue weighted by molar-refractivity contribution is 8.00. The van der Waals surface area contributed by atoms with Crippen molar-refractivity contribution in [1.29, 1.82) is 5.26 Å². The van der Waals surface area contributed by atoms with Crippen molar-refractivity contribution in [3.05, 3.63) is 77.1 Å². The molecule has 6 heteroatoms. The van der Waals surface area contributed by atoms with Gasteiger partial charge in [0.15, 0.2) is 5.16 Å². The van der Waals surface area contributed by atoms with Crippen LogP contribution in [0.3, 0.4) is 0 Å². The molecule has 2 aromatic carbocycles. The number of nitrogens with zero attached hydrogens (tertiary/aromatic N) is 3. The fourth-order valence-corrected chi connectivity index (χ4v) is 4.67. The van der Waals surface area contributed by atoms with Crippen LogP contribution in [-0.2, 0) is 0 Å². The van der Waals surface area contributed by atoms with E-state index in [1.165, 1.54) is 23.1 Å². The highest BCUT2D eigenvalue weighted by atomic mass is 32.2. The van der Waals surface area contributed by atoms with E-state index in [-0.39, 0.29) is 10.8 Å². The Morgan fingerprint density at radius 1 is 1.11 bits per heavy atom. The number of benzene rings is 2. The smallest absolute Gasteiger partial charge is 0.267 e. The van der Waals surface area contributed by atoms with Crippen molar-refractivity contribution in [2.75, 3.05) is 0 Å². The summed E-state index contributed by atoms with van der Waals surface area (Å²) in [5.74, 6) is 0. The van der Waals surface area contributed by atoms with Gasteiger partial charge in [0.25, 0.3) is 5.56 Å². The summed E-state index contributed by atoms with van der Waals surface area (Å²) in [6.45, 7) is 1.81. The molecule has 1 atom stereocenters. The largest absolute Gasteiger partial charge is 0.268 e. The Morgan fingerprint density at radius 2 is 1.78 bits per heavy atom. The number of hydrogen-bond donors (Lipinski definition) is 0. The predicted octanol–water partition coefficient (Wildman–Crippen LogP) is 5.12. The van der Waals surface area contributed by atoms with E-state index in [2.05, 4.69) is 6.07 Å². The Hall–Kier alpha value is -2.88. The van der Waals surface area contributed by atoms with Gasteiger partial charge in [-0.05, 0) is 30.7 Å². The molecule has 0 radical (unpaired) electrons. The second kappa shape index (κ2) is 7.39. The Kier molecular flexibility index (Phi) is 4.80. The van der Waals surface area contributed by atoms with Gasteiger partial charge in [0.1, 0.15) is 4.83 Å². The molecule has 27 heavy (non-hydrogen) atoms. The van der Waals surface area contributed by atoms with Gasteiger partial charge in [-0.25, -0.2) is 4.98 Å². The van der Waals surface area contributed by atoms with Crippen LogP contribution in [0.25, 0.3) is 26.3 Å². The number of hydrogen-bond acceptors (Lipinski definition) is 5. The van der Waals surface area contributed by atoms with Crippen LogP contribution in [0.5, 0.6) is 0 Å². The van der Waals surface area contributed by atoms with Crippen LogP contribution >= 0.6 is 23.1 Å². The molecule has 0 aliphatic heterocycles. The van der Waals surface area contributed by atoms with Crippen molar-refractivity contribution < 1.29 is 0 Å². The average molecular weight is 390 g/mol. The van der Waals surface area contributed by atoms with Crippen LogP contribution in [0.15, 0.2) is 76.7 Å². The summed E-state index contributed by atoms with van der Waals surface area (Å²) in [5, 5.41) is 10.0. The SMILES string of the molecule is C[C@@H](C#N)Sc1nc2sc(-c3ccccc3)cc2c(=O)n1-c1ccccc1. The number of nitriles is 1. The molecule has 0 unspecified atom stereocenters. The van der Waals surface area contributed by atoms with Crippen molar-refractivity contribution in [3.63, 3.8) is 0 Å². The first kappa shape index (κ1) is 17.5. The van der Waals surface area contributed by atoms with Crippen molar-refractivity contribution in [1.82, 2.24) is 9.55 Å². The fraction of sp³-hybridized carbons (Fsp3) is 0.0952. The van der Waals surface area contributed by atoms with E-state index in [0.29, 0.717) is 15.4 Å². The number of para-hydroxylation sites is 1. The molecule has 132 valence electrons. The van der Waals surface area contributed by atoms with Gasteiger partial charge in [0.2, 0.25) is 0 Å². The zero-order valence-corrected chi connectivity index (χ0v) is 16.1. The van der Waals surface area contributed by atoms with E-state index in [1.54, 1.807) is 11.5 Å². The lowest BCUT2D eigenvalue weighted by Crippen LogP contribution is -2.21. The molecule has 2 aromatic heterocycles. The van der Waals surface area contributed by atoms with Gasteiger partial charge in [-0.1, -0.05) is 60.3 Å². The van der Waals surface area contributed by atoms with E-state index in [0.717, 1.165) is 16.1 Å². The molecule has 4 aromatic rings. The Balaban J connectivity index is 1.96. The summed E-state index contributed by atoms with van der Waals surface area (Å²) in [7, 11) is 0. The van der Waals surface area contributed by atoms with Crippen LogP contribution in [-0.4, -0.2) is 14.8 Å². The minimum atomic E-state index is -0.308. The topological polar surface area (TPSA) is 58.7 Å². The summed E-state index contributed by atoms with van der Waals surface area (Å²) in [4.78, 5) is 19.7. The zero-order chi connectivity index (χ0) is 18.8. The van der Waals surface area contributed by atoms with Crippen molar-refractivity contribution in [2.45, 2.75) is 17.3 Å². The quantitative estimate of drug-likeness (QED) is 0.359. The molecule has 0 spiro atoms. The maximum absolute atomic E-state index is 13.3. The number of thioether (sulfide) groups is 1. The average Bonchev–Trinajstić information content (AvgIpc) is 3.14. The molecule has 0 saturated heterocycles. The van der Waals surface area contributed by atoms with E-state index < -0.39 is 0 Å². The van der Waals surface area contributed by atoms with Crippen molar-refractivity contribution in [3.8, 4) is 22.2 Å². The summed E-state index contributed by atoms with van der Waals surface area (Å²) < 4.78 is 1.60. The van der Waals surface area contributed by atoms with Crippen LogP contribution in [0.1, 0.15) is 6.92 Å². The maximum Gasteiger partial charge on any atom is 0.267 e. The molecule has 2 heterocycles. The third kappa shape index (κ3) is 3.39. The van der Waals surface area contributed by atoms with Crippen LogP contribution in [0, 0.1) is 11.3 Å². The monoisotopic (exact) mass is 389 g/mol. The molecule has 0 bridgehead atoms. The lowest BCUT2D eigenvalue weighted by atomic mass is 10.2. The molecule has 0 aliphatic rings. The first-order valence-corrected chi connectivity index (χ1v) is 10.1. The first-order chi connectivity index (χ1) is 13.2. The number of thiophene rings is 1. The van der Waals surface area contributed by atoms with Gasteiger partial charge in [0, 0.05) is 4.88 Å². The normalized spacial score (nSPS) is 12.0. The Bertz CT molecular complexity index is 1190. The van der Waals surface area contributed by atoms with Crippen molar-refractivity contribution >= 4 is 33.3 Å². The molecule has 0 N–H and O–H groups in total. The van der Waals surface area contributed by atoms with Gasteiger partial charge < -0.3 is 0 Å². The fourth-order valence-electron chi connectivity index (χ4n) is 2.77. The number of aromatic nitrogens is 2. The summed E-state index contributed by atoms with van der Waals surface area (Å²) in [6, 6.07) is 23.5. The van der Waals surface area contributed by atoms with Gasteiger partial charge in [-0.2, -0.15) is 5.26 Å². The summed E-state index contributed by atoms with van der Waals surface area (Å²) in [6.07, 6.45) is 0.